The molecule has 2 aromatic heterocycles. The second kappa shape index (κ2) is 6.00. The van der Waals surface area contributed by atoms with Gasteiger partial charge in [-0.25, -0.2) is 9.97 Å². The summed E-state index contributed by atoms with van der Waals surface area (Å²) >= 11 is 2.44. The molecular weight excluding hydrogens is 355 g/mol. The molecule has 126 valence electrons. The highest BCUT2D eigenvalue weighted by Crippen LogP contribution is 2.39. The summed E-state index contributed by atoms with van der Waals surface area (Å²) in [6.07, 6.45) is -1.60. The Bertz CT molecular complexity index is 814. The number of piperidine rings is 1. The minimum atomic E-state index is -4.31. The number of benzene rings is 1. The quantitative estimate of drug-likeness (QED) is 0.625. The molecule has 1 aromatic carbocycles. The lowest BCUT2D eigenvalue weighted by Crippen LogP contribution is -2.32. The van der Waals surface area contributed by atoms with Crippen LogP contribution in [0.15, 0.2) is 30.5 Å². The molecule has 0 N–H and O–H groups in total. The number of nitrogens with zero attached hydrogens (tertiary/aromatic N) is 3. The number of hydrogen-bond donors (Lipinski definition) is 0. The van der Waals surface area contributed by atoms with Gasteiger partial charge >= 0.3 is 6.18 Å². The van der Waals surface area contributed by atoms with Crippen LogP contribution in [-0.2, 0) is 6.18 Å². The number of halogens is 3. The first-order valence-electron chi connectivity index (χ1n) is 7.64. The highest BCUT2D eigenvalue weighted by Gasteiger charge is 2.34. The first-order chi connectivity index (χ1) is 11.5. The standard InChI is InChI=1S/C16H14F3N3S2/c17-16(18,19)13-9-20-15(24-13)22-7-5-10(6-8-22)14-21-11-3-1-2-4-12(11)23-14/h1-4,9-10H,5-8H2. The number of thiazole rings is 2. The van der Waals surface area contributed by atoms with Gasteiger partial charge in [0.05, 0.1) is 21.4 Å². The molecule has 1 aliphatic rings. The van der Waals surface area contributed by atoms with E-state index >= 15 is 0 Å². The van der Waals surface area contributed by atoms with Crippen molar-refractivity contribution in [2.24, 2.45) is 0 Å². The van der Waals surface area contributed by atoms with Crippen molar-refractivity contribution in [3.63, 3.8) is 0 Å². The van der Waals surface area contributed by atoms with Crippen molar-refractivity contribution in [2.75, 3.05) is 18.0 Å². The number of rotatable bonds is 2. The van der Waals surface area contributed by atoms with Crippen LogP contribution >= 0.6 is 22.7 Å². The maximum Gasteiger partial charge on any atom is 0.427 e. The first-order valence-corrected chi connectivity index (χ1v) is 9.27. The summed E-state index contributed by atoms with van der Waals surface area (Å²) in [5.41, 5.74) is 1.02. The van der Waals surface area contributed by atoms with Crippen molar-refractivity contribution >= 4 is 38.0 Å². The maximum atomic E-state index is 12.7. The molecule has 8 heteroatoms. The van der Waals surface area contributed by atoms with Crippen LogP contribution < -0.4 is 4.90 Å². The topological polar surface area (TPSA) is 29.0 Å². The zero-order valence-corrected chi connectivity index (χ0v) is 14.2. The van der Waals surface area contributed by atoms with Crippen LogP contribution in [0, 0.1) is 0 Å². The summed E-state index contributed by atoms with van der Waals surface area (Å²) in [6.45, 7) is 1.43. The van der Waals surface area contributed by atoms with Gasteiger partial charge in [0.15, 0.2) is 5.13 Å². The van der Waals surface area contributed by atoms with E-state index in [2.05, 4.69) is 11.1 Å². The summed E-state index contributed by atoms with van der Waals surface area (Å²) in [5, 5.41) is 1.59. The predicted octanol–water partition coefficient (Wildman–Crippen LogP) is 5.16. The highest BCUT2D eigenvalue weighted by molar-refractivity contribution is 7.18. The van der Waals surface area contributed by atoms with Crippen LogP contribution in [0.4, 0.5) is 18.3 Å². The summed E-state index contributed by atoms with van der Waals surface area (Å²) < 4.78 is 39.3. The SMILES string of the molecule is FC(F)(F)c1cnc(N2CCC(c3nc4ccccc4s3)CC2)s1. The molecule has 0 unspecified atom stereocenters. The zero-order chi connectivity index (χ0) is 16.7. The monoisotopic (exact) mass is 369 g/mol. The van der Waals surface area contributed by atoms with E-state index in [1.807, 2.05) is 23.1 Å². The van der Waals surface area contributed by atoms with Crippen LogP contribution in [0.25, 0.3) is 10.2 Å². The Kier molecular flexibility index (Phi) is 3.96. The number of para-hydroxylation sites is 1. The molecule has 24 heavy (non-hydrogen) atoms. The normalized spacial score (nSPS) is 16.9. The molecule has 4 rings (SSSR count). The predicted molar refractivity (Wildman–Crippen MR) is 90.9 cm³/mol. The smallest absolute Gasteiger partial charge is 0.348 e. The van der Waals surface area contributed by atoms with Crippen LogP contribution in [0.3, 0.4) is 0 Å². The van der Waals surface area contributed by atoms with Gasteiger partial charge in [0.25, 0.3) is 0 Å². The van der Waals surface area contributed by atoms with Gasteiger partial charge in [-0.15, -0.1) is 11.3 Å². The lowest BCUT2D eigenvalue weighted by molar-refractivity contribution is -0.134. The van der Waals surface area contributed by atoms with E-state index in [4.69, 9.17) is 4.98 Å². The van der Waals surface area contributed by atoms with E-state index in [-0.39, 0.29) is 0 Å². The lowest BCUT2D eigenvalue weighted by atomic mass is 9.98. The van der Waals surface area contributed by atoms with E-state index in [1.54, 1.807) is 11.3 Å². The van der Waals surface area contributed by atoms with Gasteiger partial charge in [-0.2, -0.15) is 13.2 Å². The highest BCUT2D eigenvalue weighted by atomic mass is 32.1. The number of anilines is 1. The Hall–Kier alpha value is -1.67. The van der Waals surface area contributed by atoms with Crippen LogP contribution in [0.5, 0.6) is 0 Å². The van der Waals surface area contributed by atoms with Crippen molar-refractivity contribution in [3.05, 3.63) is 40.3 Å². The number of fused-ring (bicyclic) bond motifs is 1. The molecule has 0 saturated carbocycles. The first kappa shape index (κ1) is 15.8. The minimum absolute atomic E-state index is 0.376. The zero-order valence-electron chi connectivity index (χ0n) is 12.6. The van der Waals surface area contributed by atoms with Crippen molar-refractivity contribution < 1.29 is 13.2 Å². The Morgan fingerprint density at radius 3 is 2.50 bits per heavy atom. The Labute approximate surface area is 144 Å². The summed E-state index contributed by atoms with van der Waals surface area (Å²) in [4.78, 5) is 9.97. The van der Waals surface area contributed by atoms with Crippen molar-refractivity contribution in [1.29, 1.82) is 0 Å². The van der Waals surface area contributed by atoms with Crippen molar-refractivity contribution in [2.45, 2.75) is 24.9 Å². The van der Waals surface area contributed by atoms with Gasteiger partial charge in [-0.05, 0) is 25.0 Å². The van der Waals surface area contributed by atoms with Gasteiger partial charge in [0.1, 0.15) is 4.88 Å². The van der Waals surface area contributed by atoms with Crippen LogP contribution in [-0.4, -0.2) is 23.1 Å². The Balaban J connectivity index is 1.45. The third kappa shape index (κ3) is 3.00. The van der Waals surface area contributed by atoms with E-state index in [0.717, 1.165) is 40.9 Å². The number of aromatic nitrogens is 2. The van der Waals surface area contributed by atoms with Gasteiger partial charge in [0, 0.05) is 19.0 Å². The molecule has 0 radical (unpaired) electrons. The van der Waals surface area contributed by atoms with Gasteiger partial charge in [-0.1, -0.05) is 23.5 Å². The Morgan fingerprint density at radius 2 is 1.83 bits per heavy atom. The molecule has 1 fully saturated rings. The van der Waals surface area contributed by atoms with E-state index < -0.39 is 11.1 Å². The third-order valence-electron chi connectivity index (χ3n) is 4.20. The molecule has 1 aliphatic heterocycles. The fraction of sp³-hybridized carbons (Fsp3) is 0.375. The second-order valence-corrected chi connectivity index (χ2v) is 7.86. The average molecular weight is 369 g/mol. The molecular formula is C16H14F3N3S2. The maximum absolute atomic E-state index is 12.7. The molecule has 0 atom stereocenters. The summed E-state index contributed by atoms with van der Waals surface area (Å²) in [6, 6.07) is 8.07. The Morgan fingerprint density at radius 1 is 1.08 bits per heavy atom. The van der Waals surface area contributed by atoms with Crippen LogP contribution in [0.2, 0.25) is 0 Å². The van der Waals surface area contributed by atoms with Crippen molar-refractivity contribution in [3.8, 4) is 0 Å². The molecule has 0 bridgehead atoms. The second-order valence-electron chi connectivity index (χ2n) is 5.79. The fourth-order valence-electron chi connectivity index (χ4n) is 2.92. The molecule has 1 saturated heterocycles. The lowest BCUT2D eigenvalue weighted by Gasteiger charge is -2.30. The average Bonchev–Trinajstić information content (AvgIpc) is 3.21. The third-order valence-corrected chi connectivity index (χ3v) is 6.50. The van der Waals surface area contributed by atoms with E-state index in [0.29, 0.717) is 24.1 Å². The number of hydrogen-bond acceptors (Lipinski definition) is 5. The molecule has 3 nitrogen and oxygen atoms in total. The minimum Gasteiger partial charge on any atom is -0.348 e. The fourth-order valence-corrected chi connectivity index (χ4v) is 4.90. The number of alkyl halides is 3. The van der Waals surface area contributed by atoms with Crippen molar-refractivity contribution in [1.82, 2.24) is 9.97 Å². The molecule has 3 heterocycles. The largest absolute Gasteiger partial charge is 0.427 e. The van der Waals surface area contributed by atoms with Crippen LogP contribution in [0.1, 0.15) is 28.6 Å². The molecule has 0 spiro atoms. The molecule has 0 amide bonds. The summed E-state index contributed by atoms with van der Waals surface area (Å²) in [5.74, 6) is 0.376. The summed E-state index contributed by atoms with van der Waals surface area (Å²) in [7, 11) is 0. The molecule has 3 aromatic rings. The van der Waals surface area contributed by atoms with Gasteiger partial charge in [-0.3, -0.25) is 0 Å². The van der Waals surface area contributed by atoms with Gasteiger partial charge in [0.2, 0.25) is 0 Å². The van der Waals surface area contributed by atoms with Gasteiger partial charge < -0.3 is 4.90 Å². The van der Waals surface area contributed by atoms with E-state index in [9.17, 15) is 13.2 Å². The molecule has 0 aliphatic carbocycles. The van der Waals surface area contributed by atoms with E-state index in [1.165, 1.54) is 4.70 Å².